The van der Waals surface area contributed by atoms with Gasteiger partial charge >= 0.3 is 49.4 Å². The Morgan fingerprint density at radius 2 is 0.658 bits per heavy atom. The molecule has 0 radical (unpaired) electrons. The fourth-order valence-electron chi connectivity index (χ4n) is 7.52. The van der Waals surface area contributed by atoms with Crippen LogP contribution in [-0.2, 0) is 56.0 Å². The van der Waals surface area contributed by atoms with Crippen LogP contribution in [0.25, 0.3) is 0 Å². The monoisotopic (exact) mass is 1080 g/mol. The molecule has 0 fully saturated rings. The van der Waals surface area contributed by atoms with Crippen molar-refractivity contribution < 1.29 is 115 Å². The number of carbonyl (C=O) groups excluding carboxylic acids is 1. The number of benzene rings is 5. The Labute approximate surface area is 392 Å². The van der Waals surface area contributed by atoms with Crippen LogP contribution in [0.5, 0.6) is 0 Å². The van der Waals surface area contributed by atoms with Crippen molar-refractivity contribution in [3.05, 3.63) is 177 Å². The average Bonchev–Trinajstić information content (AvgIpc) is 3.24. The summed E-state index contributed by atoms with van der Waals surface area (Å²) in [6, 6.07) is 1.16. The molecule has 0 aliphatic carbocycles. The van der Waals surface area contributed by atoms with E-state index in [1.165, 1.54) is 0 Å². The predicted octanol–water partition coefficient (Wildman–Crippen LogP) is 11.7. The van der Waals surface area contributed by atoms with Crippen molar-refractivity contribution in [2.45, 2.75) is 56.0 Å². The molecule has 1 aromatic heterocycles. The van der Waals surface area contributed by atoms with Gasteiger partial charge in [-0.1, -0.05) is 78.9 Å². The zero-order chi connectivity index (χ0) is 55.3. The van der Waals surface area contributed by atoms with E-state index < -0.39 is 201 Å². The van der Waals surface area contributed by atoms with Crippen LogP contribution in [0.2, 0.25) is 0 Å². The van der Waals surface area contributed by atoms with Crippen LogP contribution in [0.1, 0.15) is 60.6 Å². The maximum Gasteiger partial charge on any atom is 0.416 e. The van der Waals surface area contributed by atoms with Crippen molar-refractivity contribution >= 4 is 33.9 Å². The number of primary amides is 1. The van der Waals surface area contributed by atoms with E-state index >= 15 is 0 Å². The Hall–Kier alpha value is -6.97. The van der Waals surface area contributed by atoms with Crippen LogP contribution >= 0.6 is 0 Å². The number of amides is 1. The Bertz CT molecular complexity index is 2530. The smallest absolute Gasteiger partial charge is 0.364 e. The minimum absolute atomic E-state index is 0.276. The molecule has 0 spiro atoms. The van der Waals surface area contributed by atoms with Gasteiger partial charge in [-0.05, 0) is 24.3 Å². The van der Waals surface area contributed by atoms with E-state index in [4.69, 9.17) is 5.73 Å². The molecule has 0 unspecified atom stereocenters. The minimum Gasteiger partial charge on any atom is -0.364 e. The molecule has 5 aromatic carbocycles. The fraction of sp³-hybridized carbons (Fsp3) is 0.205. The first kappa shape index (κ1) is 56.9. The van der Waals surface area contributed by atoms with Gasteiger partial charge in [-0.25, -0.2) is 4.98 Å². The van der Waals surface area contributed by atoms with Crippen molar-refractivity contribution in [2.24, 2.45) is 5.73 Å². The van der Waals surface area contributed by atoms with Gasteiger partial charge in [-0.15, -0.1) is 0 Å². The first-order valence-electron chi connectivity index (χ1n) is 19.6. The summed E-state index contributed by atoms with van der Waals surface area (Å²) < 4.78 is 343. The Balaban J connectivity index is 0.000000520. The van der Waals surface area contributed by atoms with E-state index in [0.29, 0.717) is 6.54 Å². The molecule has 0 aliphatic rings. The number of nitrogens with zero attached hydrogens (tertiary/aromatic N) is 2. The number of carbonyl (C=O) groups is 1. The molecular formula is C44H24BF24N3O. The molecule has 6 rings (SSSR count). The summed E-state index contributed by atoms with van der Waals surface area (Å²) in [5.41, 5.74) is -23.6. The summed E-state index contributed by atoms with van der Waals surface area (Å²) >= 11 is 0. The van der Waals surface area contributed by atoms with Gasteiger partial charge in [-0.2, -0.15) is 132 Å². The lowest BCUT2D eigenvalue weighted by Crippen LogP contribution is -2.75. The van der Waals surface area contributed by atoms with Crippen LogP contribution < -0.4 is 32.2 Å². The second-order valence-corrected chi connectivity index (χ2v) is 15.7. The molecule has 1 heterocycles. The third-order valence-corrected chi connectivity index (χ3v) is 10.7. The molecule has 0 aliphatic heterocycles. The fourth-order valence-corrected chi connectivity index (χ4v) is 7.52. The van der Waals surface area contributed by atoms with Crippen molar-refractivity contribution in [2.75, 3.05) is 0 Å². The quantitative estimate of drug-likeness (QED) is 0.0984. The highest BCUT2D eigenvalue weighted by molar-refractivity contribution is 7.20. The summed E-state index contributed by atoms with van der Waals surface area (Å²) in [7, 11) is 0. The second kappa shape index (κ2) is 19.5. The van der Waals surface area contributed by atoms with Gasteiger partial charge < -0.3 is 5.73 Å². The highest BCUT2D eigenvalue weighted by Crippen LogP contribution is 2.41. The first-order chi connectivity index (χ1) is 33.0. The zero-order valence-electron chi connectivity index (χ0n) is 35.3. The van der Waals surface area contributed by atoms with E-state index in [1.807, 2.05) is 34.9 Å². The van der Waals surface area contributed by atoms with E-state index in [2.05, 4.69) is 4.98 Å². The van der Waals surface area contributed by atoms with Crippen molar-refractivity contribution in [1.29, 1.82) is 0 Å². The van der Waals surface area contributed by atoms with Gasteiger partial charge in [0.15, 0.2) is 18.4 Å². The summed E-state index contributed by atoms with van der Waals surface area (Å²) in [6.45, 7) is 0.698. The van der Waals surface area contributed by atoms with E-state index in [0.717, 1.165) is 5.56 Å². The summed E-state index contributed by atoms with van der Waals surface area (Å²) in [5.74, 6) is -0.512. The molecule has 4 nitrogen and oxygen atoms in total. The third-order valence-electron chi connectivity index (χ3n) is 10.7. The molecule has 0 saturated carbocycles. The first-order valence-corrected chi connectivity index (χ1v) is 19.6. The highest BCUT2D eigenvalue weighted by Gasteiger charge is 2.47. The van der Waals surface area contributed by atoms with Gasteiger partial charge in [0.05, 0.1) is 50.7 Å². The van der Waals surface area contributed by atoms with Gasteiger partial charge in [0.25, 0.3) is 5.91 Å². The average molecular weight is 1080 g/mol. The highest BCUT2D eigenvalue weighted by atomic mass is 19.4. The SMILES string of the molecule is FC(F)(F)c1cc([B-](c2cc(C(F)(F)F)cc(C(F)(F)F)c2)(c2cc(C(F)(F)F)cc(C(F)(F)F)c2)c2cc(C(F)(F)F)cc(C(F)(F)F)c2)cc(C(F)(F)F)c1.NC(=O)c1c[n+](Cc2ccccc2)ccn1. The molecule has 1 amide bonds. The second-order valence-electron chi connectivity index (χ2n) is 15.7. The normalized spacial score (nSPS) is 13.4. The van der Waals surface area contributed by atoms with Gasteiger partial charge in [-0.3, -0.25) is 4.79 Å². The Kier molecular flexibility index (Phi) is 15.2. The van der Waals surface area contributed by atoms with Crippen LogP contribution in [-0.4, -0.2) is 17.0 Å². The molecule has 0 bridgehead atoms. The van der Waals surface area contributed by atoms with E-state index in [9.17, 15) is 110 Å². The van der Waals surface area contributed by atoms with Gasteiger partial charge in [0, 0.05) is 5.56 Å². The van der Waals surface area contributed by atoms with Crippen LogP contribution in [0.3, 0.4) is 0 Å². The maximum absolute atomic E-state index is 14.2. The van der Waals surface area contributed by atoms with Crippen LogP contribution in [0.4, 0.5) is 105 Å². The van der Waals surface area contributed by atoms with Gasteiger partial charge in [0.2, 0.25) is 6.20 Å². The molecule has 392 valence electrons. The van der Waals surface area contributed by atoms with Crippen LogP contribution in [0, 0.1) is 0 Å². The van der Waals surface area contributed by atoms with Crippen molar-refractivity contribution in [1.82, 2.24) is 4.98 Å². The summed E-state index contributed by atoms with van der Waals surface area (Å²) in [5, 5.41) is 0. The number of alkyl halides is 24. The summed E-state index contributed by atoms with van der Waals surface area (Å²) in [4.78, 5) is 14.8. The summed E-state index contributed by atoms with van der Waals surface area (Å²) in [6.07, 6.45) is -49.8. The number of nitrogens with two attached hydrogens (primary N) is 1. The molecule has 2 N–H and O–H groups in total. The number of rotatable bonds is 7. The molecule has 0 atom stereocenters. The minimum atomic E-state index is -6.13. The Morgan fingerprint density at radius 3 is 0.877 bits per heavy atom. The van der Waals surface area contributed by atoms with E-state index in [1.54, 1.807) is 18.6 Å². The van der Waals surface area contributed by atoms with Crippen LogP contribution in [0.15, 0.2) is 122 Å². The van der Waals surface area contributed by atoms with Crippen molar-refractivity contribution in [3.8, 4) is 0 Å². The third kappa shape index (κ3) is 13.4. The number of halogens is 24. The predicted molar refractivity (Wildman–Crippen MR) is 209 cm³/mol. The van der Waals surface area contributed by atoms with Crippen molar-refractivity contribution in [3.63, 3.8) is 0 Å². The number of hydrogen-bond donors (Lipinski definition) is 1. The van der Waals surface area contributed by atoms with Gasteiger partial charge in [0.1, 0.15) is 6.15 Å². The number of aromatic nitrogens is 2. The molecule has 29 heteroatoms. The molecule has 0 saturated heterocycles. The maximum atomic E-state index is 14.2. The molecule has 73 heavy (non-hydrogen) atoms. The zero-order valence-corrected chi connectivity index (χ0v) is 35.3. The molecule has 6 aromatic rings. The lowest BCUT2D eigenvalue weighted by Gasteiger charge is -2.46. The Morgan fingerprint density at radius 1 is 0.411 bits per heavy atom. The van der Waals surface area contributed by atoms with E-state index in [-0.39, 0.29) is 5.69 Å². The lowest BCUT2D eigenvalue weighted by molar-refractivity contribution is -0.689. The molecular weight excluding hydrogens is 1050 g/mol. The topological polar surface area (TPSA) is 59.9 Å². The largest absolute Gasteiger partial charge is 0.416 e. The number of hydrogen-bond acceptors (Lipinski definition) is 2. The lowest BCUT2D eigenvalue weighted by atomic mass is 9.12. The standard InChI is InChI=1S/C32H12BF24.C12H11N3O/c34-25(35,36)13-1-14(26(37,38)39)6-21(5-13)33(22-7-15(27(40,41)42)2-16(8-22)28(43,44)45,23-9-17(29(46,47)48)3-18(10-23)30(49,50)51)24-11-19(31(52,53)54)4-20(12-24)32(55,56)57;13-12(16)11-9-15(7-6-14-11)8-10-4-2-1-3-5-10/h1-12H;1-7,9H,8H2,(H-,13,16)/q-1;/p+1.